The zero-order valence-electron chi connectivity index (χ0n) is 9.04. The minimum atomic E-state index is 0.507. The average molecular weight is 222 g/mol. The summed E-state index contributed by atoms with van der Waals surface area (Å²) < 4.78 is 0. The first-order valence-corrected chi connectivity index (χ1v) is 5.25. The molecule has 0 saturated carbocycles. The number of benzene rings is 1. The van der Waals surface area contributed by atoms with Crippen LogP contribution in [0.5, 0.6) is 0 Å². The van der Waals surface area contributed by atoms with Crippen molar-refractivity contribution in [3.05, 3.63) is 49.1 Å². The van der Waals surface area contributed by atoms with Gasteiger partial charge >= 0.3 is 0 Å². The lowest BCUT2D eigenvalue weighted by Gasteiger charge is -2.04. The number of hydrogen-bond acceptors (Lipinski definition) is 4. The van der Waals surface area contributed by atoms with Crippen molar-refractivity contribution in [2.75, 3.05) is 5.73 Å². The van der Waals surface area contributed by atoms with Crippen LogP contribution in [0, 0.1) is 0 Å². The fraction of sp³-hybridized carbons (Fsp3) is 0. The molecular weight excluding hydrogens is 212 g/mol. The van der Waals surface area contributed by atoms with Gasteiger partial charge in [0.05, 0.1) is 5.52 Å². The molecule has 0 atom stereocenters. The number of anilines is 1. The minimum absolute atomic E-state index is 0.507. The van der Waals surface area contributed by atoms with Gasteiger partial charge in [-0.25, -0.2) is 9.97 Å². The van der Waals surface area contributed by atoms with Gasteiger partial charge in [-0.05, 0) is 23.8 Å². The Kier molecular flexibility index (Phi) is 2.19. The van der Waals surface area contributed by atoms with Crippen LogP contribution >= 0.6 is 0 Å². The van der Waals surface area contributed by atoms with Gasteiger partial charge < -0.3 is 5.73 Å². The molecule has 4 heteroatoms. The summed E-state index contributed by atoms with van der Waals surface area (Å²) in [6.07, 6.45) is 5.06. The van der Waals surface area contributed by atoms with E-state index in [1.165, 1.54) is 6.33 Å². The quantitative estimate of drug-likeness (QED) is 0.686. The van der Waals surface area contributed by atoms with Crippen LogP contribution in [0.15, 0.2) is 49.1 Å². The van der Waals surface area contributed by atoms with Gasteiger partial charge in [-0.15, -0.1) is 0 Å². The van der Waals surface area contributed by atoms with Crippen LogP contribution in [-0.4, -0.2) is 15.0 Å². The van der Waals surface area contributed by atoms with E-state index in [4.69, 9.17) is 5.73 Å². The summed E-state index contributed by atoms with van der Waals surface area (Å²) in [6, 6.07) is 9.85. The second-order valence-electron chi connectivity index (χ2n) is 3.73. The number of hydrogen-bond donors (Lipinski definition) is 1. The predicted molar refractivity (Wildman–Crippen MR) is 67.2 cm³/mol. The number of nitrogen functional groups attached to an aromatic ring is 1. The fourth-order valence-corrected chi connectivity index (χ4v) is 1.79. The van der Waals surface area contributed by atoms with Gasteiger partial charge in [0.15, 0.2) is 0 Å². The topological polar surface area (TPSA) is 64.7 Å². The lowest BCUT2D eigenvalue weighted by atomic mass is 10.1. The number of nitrogens with two attached hydrogens (primary N) is 1. The number of nitrogens with zero attached hydrogens (tertiary/aromatic N) is 3. The zero-order valence-corrected chi connectivity index (χ0v) is 9.04. The first-order chi connectivity index (χ1) is 8.34. The molecule has 82 valence electrons. The summed E-state index contributed by atoms with van der Waals surface area (Å²) in [4.78, 5) is 12.3. The smallest absolute Gasteiger partial charge is 0.134 e. The maximum Gasteiger partial charge on any atom is 0.134 e. The summed E-state index contributed by atoms with van der Waals surface area (Å²) in [6.45, 7) is 0. The van der Waals surface area contributed by atoms with E-state index in [2.05, 4.69) is 15.0 Å². The Bertz CT molecular complexity index is 665. The van der Waals surface area contributed by atoms with Crippen LogP contribution in [0.2, 0.25) is 0 Å². The van der Waals surface area contributed by atoms with Crippen molar-refractivity contribution in [2.24, 2.45) is 0 Å². The van der Waals surface area contributed by atoms with Gasteiger partial charge in [0.25, 0.3) is 0 Å². The van der Waals surface area contributed by atoms with Crippen LogP contribution in [0.1, 0.15) is 0 Å². The zero-order chi connectivity index (χ0) is 11.7. The average Bonchev–Trinajstić information content (AvgIpc) is 2.40. The number of pyridine rings is 1. The van der Waals surface area contributed by atoms with Gasteiger partial charge in [-0.1, -0.05) is 12.1 Å². The largest absolute Gasteiger partial charge is 0.383 e. The van der Waals surface area contributed by atoms with Crippen LogP contribution in [0.4, 0.5) is 5.82 Å². The lowest BCUT2D eigenvalue weighted by Crippen LogP contribution is -1.93. The first kappa shape index (κ1) is 9.72. The Morgan fingerprint density at radius 2 is 1.94 bits per heavy atom. The highest BCUT2D eigenvalue weighted by molar-refractivity contribution is 5.90. The van der Waals surface area contributed by atoms with Gasteiger partial charge in [-0.2, -0.15) is 0 Å². The summed E-state index contributed by atoms with van der Waals surface area (Å²) in [5, 5.41) is 0.875. The molecule has 0 aliphatic heterocycles. The van der Waals surface area contributed by atoms with Gasteiger partial charge in [0.2, 0.25) is 0 Å². The summed E-state index contributed by atoms with van der Waals surface area (Å²) in [5.41, 5.74) is 8.76. The van der Waals surface area contributed by atoms with E-state index in [9.17, 15) is 0 Å². The molecule has 3 rings (SSSR count). The Labute approximate surface area is 98.2 Å². The Balaban J connectivity index is 2.21. The maximum atomic E-state index is 5.78. The van der Waals surface area contributed by atoms with Crippen LogP contribution in [0.25, 0.3) is 22.0 Å². The molecule has 0 amide bonds. The van der Waals surface area contributed by atoms with Crippen LogP contribution in [-0.2, 0) is 0 Å². The Morgan fingerprint density at radius 1 is 1.00 bits per heavy atom. The number of aromatic nitrogens is 3. The third-order valence-electron chi connectivity index (χ3n) is 2.66. The van der Waals surface area contributed by atoms with E-state index in [0.29, 0.717) is 5.82 Å². The summed E-state index contributed by atoms with van der Waals surface area (Å²) in [7, 11) is 0. The van der Waals surface area contributed by atoms with Crippen molar-refractivity contribution >= 4 is 16.7 Å². The van der Waals surface area contributed by atoms with Crippen LogP contribution < -0.4 is 5.73 Å². The molecule has 17 heavy (non-hydrogen) atoms. The third kappa shape index (κ3) is 1.69. The normalized spacial score (nSPS) is 10.6. The molecule has 0 unspecified atom stereocenters. The van der Waals surface area contributed by atoms with E-state index in [0.717, 1.165) is 22.0 Å². The highest BCUT2D eigenvalue weighted by Crippen LogP contribution is 2.24. The number of rotatable bonds is 1. The van der Waals surface area contributed by atoms with E-state index in [1.54, 1.807) is 6.20 Å². The molecule has 3 aromatic rings. The second-order valence-corrected chi connectivity index (χ2v) is 3.73. The highest BCUT2D eigenvalue weighted by Gasteiger charge is 2.03. The van der Waals surface area contributed by atoms with Gasteiger partial charge in [-0.3, -0.25) is 4.98 Å². The molecular formula is C13H10N4. The molecule has 0 spiro atoms. The molecule has 0 saturated heterocycles. The monoisotopic (exact) mass is 222 g/mol. The molecule has 0 aliphatic rings. The maximum absolute atomic E-state index is 5.78. The Morgan fingerprint density at radius 3 is 2.76 bits per heavy atom. The van der Waals surface area contributed by atoms with E-state index >= 15 is 0 Å². The molecule has 2 aromatic heterocycles. The standard InChI is InChI=1S/C13H10N4/c14-13-11-4-3-9(6-12(11)16-8-17-13)10-2-1-5-15-7-10/h1-8H,(H2,14,16,17). The molecule has 0 radical (unpaired) electrons. The van der Waals surface area contributed by atoms with Gasteiger partial charge in [0.1, 0.15) is 12.1 Å². The molecule has 0 bridgehead atoms. The molecule has 4 nitrogen and oxygen atoms in total. The van der Waals surface area contributed by atoms with Crippen molar-refractivity contribution in [2.45, 2.75) is 0 Å². The summed E-state index contributed by atoms with van der Waals surface area (Å²) in [5.74, 6) is 0.507. The molecule has 0 fully saturated rings. The molecule has 2 N–H and O–H groups in total. The van der Waals surface area contributed by atoms with Crippen molar-refractivity contribution < 1.29 is 0 Å². The van der Waals surface area contributed by atoms with Gasteiger partial charge in [0, 0.05) is 23.3 Å². The number of fused-ring (bicyclic) bond motifs is 1. The minimum Gasteiger partial charge on any atom is -0.383 e. The van der Waals surface area contributed by atoms with E-state index < -0.39 is 0 Å². The third-order valence-corrected chi connectivity index (χ3v) is 2.66. The van der Waals surface area contributed by atoms with Crippen LogP contribution in [0.3, 0.4) is 0 Å². The molecule has 0 aliphatic carbocycles. The van der Waals surface area contributed by atoms with E-state index in [-0.39, 0.29) is 0 Å². The molecule has 2 heterocycles. The van der Waals surface area contributed by atoms with Crippen molar-refractivity contribution in [3.8, 4) is 11.1 Å². The van der Waals surface area contributed by atoms with Crippen molar-refractivity contribution in [3.63, 3.8) is 0 Å². The predicted octanol–water partition coefficient (Wildman–Crippen LogP) is 2.27. The molecule has 1 aromatic carbocycles. The first-order valence-electron chi connectivity index (χ1n) is 5.25. The fourth-order valence-electron chi connectivity index (χ4n) is 1.79. The lowest BCUT2D eigenvalue weighted by molar-refractivity contribution is 1.23. The summed E-state index contributed by atoms with van der Waals surface area (Å²) >= 11 is 0. The van der Waals surface area contributed by atoms with Crippen molar-refractivity contribution in [1.29, 1.82) is 0 Å². The Hall–Kier alpha value is -2.49. The highest BCUT2D eigenvalue weighted by atomic mass is 14.9. The van der Waals surface area contributed by atoms with Crippen molar-refractivity contribution in [1.82, 2.24) is 15.0 Å². The second kappa shape index (κ2) is 3.83. The van der Waals surface area contributed by atoms with E-state index in [1.807, 2.05) is 36.5 Å². The SMILES string of the molecule is Nc1ncnc2cc(-c3cccnc3)ccc12.